The molecule has 0 bridgehead atoms. The molecular weight excluding hydrogens is 586 g/mol. The largest absolute Gasteiger partial charge is 0.394 e. The molecule has 1 rings (SSSR count). The average Bonchev–Trinajstić information content (AvgIpc) is 3.06. The molecule has 272 valence electrons. The van der Waals surface area contributed by atoms with E-state index in [1.165, 1.54) is 122 Å². The Balaban J connectivity index is 2.07. The van der Waals surface area contributed by atoms with Gasteiger partial charge in [-0.3, -0.25) is 4.79 Å². The third-order valence-electron chi connectivity index (χ3n) is 9.18. The lowest BCUT2D eigenvalue weighted by molar-refractivity contribution is -0.302. The van der Waals surface area contributed by atoms with Crippen LogP contribution in [0.3, 0.4) is 0 Å². The minimum absolute atomic E-state index is 0.195. The van der Waals surface area contributed by atoms with Crippen LogP contribution in [0, 0.1) is 0 Å². The van der Waals surface area contributed by atoms with Crippen molar-refractivity contribution in [3.8, 4) is 0 Å². The van der Waals surface area contributed by atoms with Crippen molar-refractivity contribution in [3.63, 3.8) is 0 Å². The van der Waals surface area contributed by atoms with E-state index >= 15 is 0 Å². The smallest absolute Gasteiger partial charge is 0.220 e. The Hall–Kier alpha value is -1.07. The van der Waals surface area contributed by atoms with E-state index in [0.717, 1.165) is 19.3 Å². The van der Waals surface area contributed by atoms with Crippen LogP contribution in [-0.4, -0.2) is 87.5 Å². The maximum absolute atomic E-state index is 12.0. The zero-order valence-electron chi connectivity index (χ0n) is 29.3. The second kappa shape index (κ2) is 28.9. The normalized spacial score (nSPS) is 23.2. The molecule has 1 heterocycles. The fourth-order valence-corrected chi connectivity index (χ4v) is 6.00. The minimum atomic E-state index is -1.56. The number of allylic oxidation sites excluding steroid dienone is 1. The number of hydrogen-bond acceptors (Lipinski definition) is 8. The Morgan fingerprint density at radius 2 is 1.17 bits per heavy atom. The number of unbranched alkanes of at least 4 members (excludes halogenated alkanes) is 21. The summed E-state index contributed by atoms with van der Waals surface area (Å²) in [5, 5.41) is 52.9. The quantitative estimate of drug-likeness (QED) is 0.0394. The summed E-state index contributed by atoms with van der Waals surface area (Å²) in [7, 11) is 0. The van der Waals surface area contributed by atoms with Gasteiger partial charge in [-0.05, 0) is 12.8 Å². The third-order valence-corrected chi connectivity index (χ3v) is 9.18. The van der Waals surface area contributed by atoms with E-state index in [1.54, 1.807) is 13.0 Å². The van der Waals surface area contributed by atoms with Crippen LogP contribution >= 0.6 is 0 Å². The first kappa shape index (κ1) is 43.0. The van der Waals surface area contributed by atoms with Gasteiger partial charge in [0.1, 0.15) is 24.4 Å². The maximum atomic E-state index is 12.0. The molecule has 0 saturated carbocycles. The second-order valence-corrected chi connectivity index (χ2v) is 13.3. The number of aliphatic hydroxyl groups is 5. The average molecular weight is 658 g/mol. The molecule has 1 fully saturated rings. The Labute approximate surface area is 280 Å². The van der Waals surface area contributed by atoms with Crippen LogP contribution in [0.5, 0.6) is 0 Å². The third kappa shape index (κ3) is 20.3. The molecule has 0 aromatic heterocycles. The van der Waals surface area contributed by atoms with Gasteiger partial charge in [0.2, 0.25) is 5.91 Å². The number of amides is 1. The molecule has 9 heteroatoms. The van der Waals surface area contributed by atoms with Crippen LogP contribution in [0.4, 0.5) is 0 Å². The highest BCUT2D eigenvalue weighted by atomic mass is 16.7. The van der Waals surface area contributed by atoms with Gasteiger partial charge in [0, 0.05) is 6.42 Å². The number of nitrogens with one attached hydrogen (secondary N) is 1. The minimum Gasteiger partial charge on any atom is -0.394 e. The summed E-state index contributed by atoms with van der Waals surface area (Å²) >= 11 is 0. The van der Waals surface area contributed by atoms with Crippen molar-refractivity contribution in [3.05, 3.63) is 12.2 Å². The summed E-state index contributed by atoms with van der Waals surface area (Å²) < 4.78 is 10.9. The van der Waals surface area contributed by atoms with Crippen molar-refractivity contribution in [2.75, 3.05) is 13.2 Å². The van der Waals surface area contributed by atoms with E-state index in [-0.39, 0.29) is 18.9 Å². The van der Waals surface area contributed by atoms with E-state index < -0.39 is 49.5 Å². The Morgan fingerprint density at radius 1 is 0.717 bits per heavy atom. The Kier molecular flexibility index (Phi) is 27.0. The van der Waals surface area contributed by atoms with Crippen molar-refractivity contribution in [1.29, 1.82) is 0 Å². The highest BCUT2D eigenvalue weighted by Crippen LogP contribution is 2.22. The van der Waals surface area contributed by atoms with E-state index in [1.807, 2.05) is 6.08 Å². The predicted molar refractivity (Wildman–Crippen MR) is 184 cm³/mol. The number of aliphatic hydroxyl groups excluding tert-OH is 5. The van der Waals surface area contributed by atoms with Crippen LogP contribution in [0.25, 0.3) is 0 Å². The lowest BCUT2D eigenvalue weighted by Crippen LogP contribution is -2.60. The molecule has 1 amide bonds. The summed E-state index contributed by atoms with van der Waals surface area (Å²) in [6.07, 6.45) is 25.0. The van der Waals surface area contributed by atoms with Gasteiger partial charge < -0.3 is 40.3 Å². The fourth-order valence-electron chi connectivity index (χ4n) is 6.00. The van der Waals surface area contributed by atoms with Gasteiger partial charge in [-0.25, -0.2) is 0 Å². The SMILES string of the molecule is CCCCCCCCCCCCCCCCCCCCCCC/C=C/C(O)C(COC1OC(CO)C(O)C(O)C1O)NC(=O)CC. The summed E-state index contributed by atoms with van der Waals surface area (Å²) in [6, 6.07) is -0.796. The topological polar surface area (TPSA) is 149 Å². The first-order valence-electron chi connectivity index (χ1n) is 18.9. The van der Waals surface area contributed by atoms with Crippen molar-refractivity contribution >= 4 is 5.91 Å². The summed E-state index contributed by atoms with van der Waals surface area (Å²) in [5.74, 6) is -0.265. The number of carbonyl (C=O) groups excluding carboxylic acids is 1. The zero-order chi connectivity index (χ0) is 33.8. The molecule has 6 N–H and O–H groups in total. The molecule has 0 radical (unpaired) electrons. The first-order valence-corrected chi connectivity index (χ1v) is 18.9. The van der Waals surface area contributed by atoms with E-state index in [4.69, 9.17) is 9.47 Å². The molecular formula is C37H71NO8. The molecule has 1 aliphatic heterocycles. The molecule has 1 aliphatic rings. The Morgan fingerprint density at radius 3 is 1.61 bits per heavy atom. The molecule has 0 spiro atoms. The number of ether oxygens (including phenoxy) is 2. The van der Waals surface area contributed by atoms with Crippen LogP contribution in [0.15, 0.2) is 12.2 Å². The van der Waals surface area contributed by atoms with Crippen molar-refractivity contribution in [1.82, 2.24) is 5.32 Å². The van der Waals surface area contributed by atoms with Gasteiger partial charge in [-0.2, -0.15) is 0 Å². The molecule has 1 saturated heterocycles. The van der Waals surface area contributed by atoms with Crippen molar-refractivity contribution in [2.24, 2.45) is 0 Å². The number of rotatable bonds is 30. The van der Waals surface area contributed by atoms with Gasteiger partial charge in [0.25, 0.3) is 0 Å². The van der Waals surface area contributed by atoms with Gasteiger partial charge >= 0.3 is 0 Å². The molecule has 46 heavy (non-hydrogen) atoms. The summed E-state index contributed by atoms with van der Waals surface area (Å²) in [5.41, 5.74) is 0. The van der Waals surface area contributed by atoms with Gasteiger partial charge in [-0.1, -0.05) is 154 Å². The highest BCUT2D eigenvalue weighted by molar-refractivity contribution is 5.75. The lowest BCUT2D eigenvalue weighted by atomic mass is 9.99. The fraction of sp³-hybridized carbons (Fsp3) is 0.919. The van der Waals surface area contributed by atoms with Gasteiger partial charge in [-0.15, -0.1) is 0 Å². The number of carbonyl (C=O) groups is 1. The van der Waals surface area contributed by atoms with E-state index in [2.05, 4.69) is 12.2 Å². The molecule has 7 atom stereocenters. The monoisotopic (exact) mass is 658 g/mol. The highest BCUT2D eigenvalue weighted by Gasteiger charge is 2.44. The molecule has 0 aliphatic carbocycles. The Bertz CT molecular complexity index is 736. The van der Waals surface area contributed by atoms with Crippen LogP contribution in [-0.2, 0) is 14.3 Å². The molecule has 7 unspecified atom stereocenters. The maximum Gasteiger partial charge on any atom is 0.220 e. The van der Waals surface area contributed by atoms with Gasteiger partial charge in [0.05, 0.1) is 25.4 Å². The van der Waals surface area contributed by atoms with Crippen molar-refractivity contribution in [2.45, 2.75) is 204 Å². The molecule has 9 nitrogen and oxygen atoms in total. The molecule has 0 aromatic rings. The lowest BCUT2D eigenvalue weighted by Gasteiger charge is -2.40. The predicted octanol–water partition coefficient (Wildman–Crippen LogP) is 6.22. The van der Waals surface area contributed by atoms with Crippen LogP contribution in [0.2, 0.25) is 0 Å². The molecule has 0 aromatic carbocycles. The standard InChI is InChI=1S/C37H71NO8/c1-3-5-6-7-8-9-10-11-12-13-14-15-16-17-18-19-20-21-22-23-24-25-26-27-31(40)30(38-33(41)4-2)29-45-37-36(44)35(43)34(42)32(28-39)46-37/h26-27,30-32,34-37,39-40,42-44H,3-25,28-29H2,1-2H3,(H,38,41)/b27-26+. The number of hydrogen-bond donors (Lipinski definition) is 6. The van der Waals surface area contributed by atoms with Crippen molar-refractivity contribution < 1.29 is 39.8 Å². The first-order chi connectivity index (χ1) is 22.3. The zero-order valence-corrected chi connectivity index (χ0v) is 29.3. The van der Waals surface area contributed by atoms with Crippen LogP contribution in [0.1, 0.15) is 162 Å². The van der Waals surface area contributed by atoms with E-state index in [9.17, 15) is 30.3 Å². The van der Waals surface area contributed by atoms with Gasteiger partial charge in [0.15, 0.2) is 6.29 Å². The van der Waals surface area contributed by atoms with E-state index in [0.29, 0.717) is 0 Å². The summed E-state index contributed by atoms with van der Waals surface area (Å²) in [6.45, 7) is 3.22. The van der Waals surface area contributed by atoms with Crippen LogP contribution < -0.4 is 5.32 Å². The summed E-state index contributed by atoms with van der Waals surface area (Å²) in [4.78, 5) is 12.0. The second-order valence-electron chi connectivity index (χ2n) is 13.3.